The minimum absolute atomic E-state index is 0. The molecule has 0 radical (unpaired) electrons. The van der Waals surface area contributed by atoms with Crippen LogP contribution in [0, 0.1) is 10.1 Å². The highest BCUT2D eigenvalue weighted by Crippen LogP contribution is 2.28. The summed E-state index contributed by atoms with van der Waals surface area (Å²) in [5, 5.41) is 17.7. The summed E-state index contributed by atoms with van der Waals surface area (Å²) in [6, 6.07) is 8.06. The first-order valence-electron chi connectivity index (χ1n) is 9.70. The van der Waals surface area contributed by atoms with Crippen LogP contribution in [0.4, 0.5) is 20.2 Å². The highest BCUT2D eigenvalue weighted by atomic mass is 32.2. The number of non-ortho nitro benzene ring substituents is 1. The molecule has 0 amide bonds. The number of alkyl halides is 2. The number of nitro groups is 1. The summed E-state index contributed by atoms with van der Waals surface area (Å²) in [6.45, 7) is -0.805. The molecule has 0 spiro atoms. The lowest BCUT2D eigenvalue weighted by Crippen LogP contribution is -2.25. The Labute approximate surface area is 195 Å². The van der Waals surface area contributed by atoms with E-state index in [0.29, 0.717) is 17.1 Å². The number of aromatic nitrogens is 2. The summed E-state index contributed by atoms with van der Waals surface area (Å²) in [7, 11) is -1.40. The Hall–Kier alpha value is -3.78. The van der Waals surface area contributed by atoms with Crippen molar-refractivity contribution in [3.63, 3.8) is 0 Å². The summed E-state index contributed by atoms with van der Waals surface area (Å²) < 4.78 is 65.1. The second kappa shape index (κ2) is 10.4. The molecular weight excluding hydrogens is 476 g/mol. The third kappa shape index (κ3) is 5.77. The fourth-order valence-electron chi connectivity index (χ4n) is 3.01. The van der Waals surface area contributed by atoms with Gasteiger partial charge >= 0.3 is 0 Å². The Morgan fingerprint density at radius 3 is 2.62 bits per heavy atom. The van der Waals surface area contributed by atoms with Crippen molar-refractivity contribution in [2.24, 2.45) is 0 Å². The summed E-state index contributed by atoms with van der Waals surface area (Å²) >= 11 is 0. The molecule has 0 bridgehead atoms. The Morgan fingerprint density at radius 2 is 1.97 bits per heavy atom. The van der Waals surface area contributed by atoms with E-state index < -0.39 is 38.5 Å². The maximum absolute atomic E-state index is 13.2. The number of halogens is 2. The predicted molar refractivity (Wildman–Crippen MR) is 120 cm³/mol. The van der Waals surface area contributed by atoms with E-state index in [4.69, 9.17) is 9.47 Å². The molecule has 1 aromatic heterocycles. The van der Waals surface area contributed by atoms with Gasteiger partial charge in [0.2, 0.25) is 10.0 Å². The van der Waals surface area contributed by atoms with Crippen LogP contribution in [0.15, 0.2) is 53.7 Å². The van der Waals surface area contributed by atoms with Crippen LogP contribution in [0.2, 0.25) is 0 Å². The fourth-order valence-corrected chi connectivity index (χ4v) is 4.22. The smallest absolute Gasteiger partial charge is 0.270 e. The molecule has 184 valence electrons. The van der Waals surface area contributed by atoms with Gasteiger partial charge in [0, 0.05) is 31.7 Å². The van der Waals surface area contributed by atoms with Crippen molar-refractivity contribution in [2.75, 3.05) is 26.1 Å². The number of nitro benzene ring substituents is 1. The Kier molecular flexibility index (Phi) is 7.63. The van der Waals surface area contributed by atoms with Gasteiger partial charge in [-0.3, -0.25) is 10.1 Å². The van der Waals surface area contributed by atoms with Gasteiger partial charge in [0.15, 0.2) is 0 Å². The summed E-state index contributed by atoms with van der Waals surface area (Å²) in [5.74, 6) is 0.891. The summed E-state index contributed by atoms with van der Waals surface area (Å²) in [4.78, 5) is 10.1. The van der Waals surface area contributed by atoms with Crippen LogP contribution in [-0.2, 0) is 16.6 Å². The van der Waals surface area contributed by atoms with Crippen LogP contribution in [0.5, 0.6) is 11.5 Å². The van der Waals surface area contributed by atoms with Crippen molar-refractivity contribution in [3.05, 3.63) is 64.5 Å². The lowest BCUT2D eigenvalue weighted by atomic mass is 10.2. The van der Waals surface area contributed by atoms with E-state index in [1.165, 1.54) is 32.7 Å². The molecule has 0 saturated heterocycles. The van der Waals surface area contributed by atoms with Gasteiger partial charge in [0.1, 0.15) is 16.4 Å². The van der Waals surface area contributed by atoms with Crippen LogP contribution < -0.4 is 19.5 Å². The lowest BCUT2D eigenvalue weighted by Gasteiger charge is -2.14. The van der Waals surface area contributed by atoms with Gasteiger partial charge < -0.3 is 14.8 Å². The number of hydrogen-bond donors (Lipinski definition) is 2. The zero-order valence-corrected chi connectivity index (χ0v) is 18.9. The van der Waals surface area contributed by atoms with E-state index in [9.17, 15) is 27.3 Å². The van der Waals surface area contributed by atoms with Gasteiger partial charge in [0.05, 0.1) is 49.5 Å². The molecule has 0 aliphatic carbocycles. The topological polar surface area (TPSA) is 138 Å². The van der Waals surface area contributed by atoms with Crippen molar-refractivity contribution >= 4 is 21.4 Å². The molecule has 1 heterocycles. The van der Waals surface area contributed by atoms with Crippen LogP contribution in [-0.4, -0.2) is 50.3 Å². The molecule has 0 aliphatic heterocycles. The number of sulfonamides is 1. The standard InChI is InChI=1S/C20H21F2N5O6S.H2/c1-32-16-5-3-13(18(8-16)33-2)9-25-34(30,31)19-7-15(27(28)29)4-6-17(19)26-12-14(10-24-26)23-11-20(21)22;/h3-8,10,12,20,23,25H,9,11H2,1-2H3;1H. The van der Waals surface area contributed by atoms with Crippen molar-refractivity contribution in [3.8, 4) is 17.2 Å². The molecule has 2 N–H and O–H groups in total. The molecule has 14 heteroatoms. The minimum Gasteiger partial charge on any atom is -0.497 e. The normalized spacial score (nSPS) is 11.4. The maximum Gasteiger partial charge on any atom is 0.270 e. The average Bonchev–Trinajstić information content (AvgIpc) is 3.29. The monoisotopic (exact) mass is 499 g/mol. The highest BCUT2D eigenvalue weighted by Gasteiger charge is 2.24. The first kappa shape index (κ1) is 24.9. The predicted octanol–water partition coefficient (Wildman–Crippen LogP) is 3.20. The van der Waals surface area contributed by atoms with Crippen molar-refractivity contribution in [1.82, 2.24) is 14.5 Å². The van der Waals surface area contributed by atoms with E-state index in [0.717, 1.165) is 16.8 Å². The largest absolute Gasteiger partial charge is 0.497 e. The third-order valence-corrected chi connectivity index (χ3v) is 6.11. The van der Waals surface area contributed by atoms with Crippen LogP contribution in [0.25, 0.3) is 5.69 Å². The molecule has 0 aliphatic rings. The zero-order valence-electron chi connectivity index (χ0n) is 18.1. The van der Waals surface area contributed by atoms with Crippen LogP contribution in [0.3, 0.4) is 0 Å². The number of anilines is 1. The van der Waals surface area contributed by atoms with Gasteiger partial charge in [-0.2, -0.15) is 5.10 Å². The van der Waals surface area contributed by atoms with E-state index in [2.05, 4.69) is 15.1 Å². The maximum atomic E-state index is 13.2. The van der Waals surface area contributed by atoms with Gasteiger partial charge in [-0.25, -0.2) is 26.6 Å². The van der Waals surface area contributed by atoms with Crippen LogP contribution in [0.1, 0.15) is 6.99 Å². The number of rotatable bonds is 11. The third-order valence-electron chi connectivity index (χ3n) is 4.68. The van der Waals surface area contributed by atoms with Gasteiger partial charge in [0.25, 0.3) is 12.1 Å². The zero-order chi connectivity index (χ0) is 24.9. The SMILES string of the molecule is COc1ccc(CNS(=O)(=O)c2cc([N+](=O)[O-])ccc2-n2cc(NCC(F)F)cn2)c(OC)c1.[HH]. The summed E-state index contributed by atoms with van der Waals surface area (Å²) in [6.07, 6.45) is -0.0666. The number of nitrogens with one attached hydrogen (secondary N) is 2. The molecule has 0 unspecified atom stereocenters. The second-order valence-corrected chi connectivity index (χ2v) is 8.59. The molecule has 3 aromatic rings. The van der Waals surface area contributed by atoms with E-state index >= 15 is 0 Å². The molecule has 0 atom stereocenters. The van der Waals surface area contributed by atoms with Crippen LogP contribution >= 0.6 is 0 Å². The minimum atomic E-state index is -4.29. The number of hydrogen-bond acceptors (Lipinski definition) is 8. The number of benzene rings is 2. The quantitative estimate of drug-likeness (QED) is 0.303. The number of nitrogens with zero attached hydrogens (tertiary/aromatic N) is 3. The molecule has 0 saturated carbocycles. The number of methoxy groups -OCH3 is 2. The first-order chi connectivity index (χ1) is 16.1. The first-order valence-corrected chi connectivity index (χ1v) is 11.2. The second-order valence-electron chi connectivity index (χ2n) is 6.86. The van der Waals surface area contributed by atoms with E-state index in [1.54, 1.807) is 18.2 Å². The molecular formula is C20H23F2N5O6S. The molecule has 11 nitrogen and oxygen atoms in total. The van der Waals surface area contributed by atoms with Gasteiger partial charge in [-0.15, -0.1) is 0 Å². The summed E-state index contributed by atoms with van der Waals surface area (Å²) in [5.41, 5.74) is 0.258. The van der Waals surface area contributed by atoms with E-state index in [1.807, 2.05) is 0 Å². The lowest BCUT2D eigenvalue weighted by molar-refractivity contribution is -0.385. The van der Waals surface area contributed by atoms with Crippen molar-refractivity contribution in [2.45, 2.75) is 17.9 Å². The molecule has 34 heavy (non-hydrogen) atoms. The van der Waals surface area contributed by atoms with Gasteiger partial charge in [-0.1, -0.05) is 6.07 Å². The Balaban J connectivity index is 0.00000432. The van der Waals surface area contributed by atoms with Crippen molar-refractivity contribution in [1.29, 1.82) is 0 Å². The molecule has 2 aromatic carbocycles. The Morgan fingerprint density at radius 1 is 1.21 bits per heavy atom. The van der Waals surface area contributed by atoms with Gasteiger partial charge in [-0.05, 0) is 12.1 Å². The van der Waals surface area contributed by atoms with E-state index in [-0.39, 0.29) is 19.3 Å². The molecule has 0 fully saturated rings. The number of ether oxygens (including phenoxy) is 2. The van der Waals surface area contributed by atoms with Crippen molar-refractivity contribution < 1.29 is 33.0 Å². The highest BCUT2D eigenvalue weighted by molar-refractivity contribution is 7.89. The fraction of sp³-hybridized carbons (Fsp3) is 0.250. The Bertz CT molecular complexity index is 1290. The average molecular weight is 499 g/mol. The molecule has 3 rings (SSSR count).